The van der Waals surface area contributed by atoms with E-state index < -0.39 is 6.10 Å². The van der Waals surface area contributed by atoms with Gasteiger partial charge in [0.25, 0.3) is 0 Å². The normalized spacial score (nSPS) is 21.7. The Labute approximate surface area is 156 Å². The molecule has 0 aromatic carbocycles. The zero-order chi connectivity index (χ0) is 17.8. The molecule has 0 spiro atoms. The van der Waals surface area contributed by atoms with Crippen LogP contribution in [0.3, 0.4) is 0 Å². The van der Waals surface area contributed by atoms with Crippen LogP contribution in [0.1, 0.15) is 68.5 Å². The third kappa shape index (κ3) is 3.99. The Morgan fingerprint density at radius 2 is 1.88 bits per heavy atom. The number of hydrogen-bond acceptors (Lipinski definition) is 4. The van der Waals surface area contributed by atoms with Crippen molar-refractivity contribution in [3.8, 4) is 0 Å². The molecule has 1 N–H and O–H groups in total. The van der Waals surface area contributed by atoms with Crippen LogP contribution in [0.5, 0.6) is 0 Å². The van der Waals surface area contributed by atoms with Gasteiger partial charge in [0.1, 0.15) is 0 Å². The number of piperidine rings is 1. The fourth-order valence-corrected chi connectivity index (χ4v) is 4.59. The van der Waals surface area contributed by atoms with Gasteiger partial charge >= 0.3 is 0 Å². The number of aliphatic hydroxyl groups is 1. The predicted octanol–water partition coefficient (Wildman–Crippen LogP) is 3.73. The Kier molecular flexibility index (Phi) is 5.65. The highest BCUT2D eigenvalue weighted by atomic mass is 16.3. The molecule has 2 aromatic rings. The Bertz CT molecular complexity index is 672. The first-order valence-electron chi connectivity index (χ1n) is 10.1. The van der Waals surface area contributed by atoms with Gasteiger partial charge in [0, 0.05) is 25.0 Å². The molecule has 140 valence electrons. The van der Waals surface area contributed by atoms with Crippen LogP contribution in [-0.4, -0.2) is 37.6 Å². The van der Waals surface area contributed by atoms with E-state index in [1.165, 1.54) is 37.8 Å². The molecule has 0 amide bonds. The van der Waals surface area contributed by atoms with Gasteiger partial charge in [-0.2, -0.15) is 0 Å². The SMILES string of the molecule is O[C@@H](c1ccccn1)C1CCN(Cc2cncn2C2CCCCC2)CC1. The maximum atomic E-state index is 10.6. The molecule has 4 rings (SSSR count). The number of nitrogens with zero attached hydrogens (tertiary/aromatic N) is 4. The second kappa shape index (κ2) is 8.31. The number of rotatable bonds is 5. The minimum atomic E-state index is -0.439. The van der Waals surface area contributed by atoms with Gasteiger partial charge < -0.3 is 9.67 Å². The molecular formula is C21H30N4O. The van der Waals surface area contributed by atoms with E-state index in [-0.39, 0.29) is 0 Å². The van der Waals surface area contributed by atoms with Gasteiger partial charge in [0.05, 0.1) is 23.8 Å². The van der Waals surface area contributed by atoms with Crippen LogP contribution in [0.15, 0.2) is 36.9 Å². The van der Waals surface area contributed by atoms with Crippen molar-refractivity contribution in [2.24, 2.45) is 5.92 Å². The summed E-state index contributed by atoms with van der Waals surface area (Å²) in [7, 11) is 0. The topological polar surface area (TPSA) is 54.2 Å². The van der Waals surface area contributed by atoms with Gasteiger partial charge in [0.2, 0.25) is 0 Å². The molecule has 1 aliphatic carbocycles. The molecule has 3 heterocycles. The third-order valence-electron chi connectivity index (χ3n) is 6.17. The largest absolute Gasteiger partial charge is 0.387 e. The lowest BCUT2D eigenvalue weighted by molar-refractivity contribution is 0.0532. The van der Waals surface area contributed by atoms with Gasteiger partial charge in [-0.3, -0.25) is 9.88 Å². The van der Waals surface area contributed by atoms with E-state index in [1.54, 1.807) is 6.20 Å². The number of hydrogen-bond donors (Lipinski definition) is 1. The minimum absolute atomic E-state index is 0.310. The molecule has 1 atom stereocenters. The van der Waals surface area contributed by atoms with Crippen LogP contribution in [0, 0.1) is 5.92 Å². The first-order chi connectivity index (χ1) is 12.8. The number of pyridine rings is 1. The van der Waals surface area contributed by atoms with Crippen molar-refractivity contribution in [2.45, 2.75) is 63.6 Å². The fraction of sp³-hybridized carbons (Fsp3) is 0.619. The zero-order valence-electron chi connectivity index (χ0n) is 15.5. The Morgan fingerprint density at radius 1 is 1.08 bits per heavy atom. The maximum Gasteiger partial charge on any atom is 0.0988 e. The summed E-state index contributed by atoms with van der Waals surface area (Å²) in [6, 6.07) is 6.42. The summed E-state index contributed by atoms with van der Waals surface area (Å²) in [5.74, 6) is 0.310. The lowest BCUT2D eigenvalue weighted by Gasteiger charge is -2.34. The van der Waals surface area contributed by atoms with Gasteiger partial charge in [-0.25, -0.2) is 4.98 Å². The monoisotopic (exact) mass is 354 g/mol. The Morgan fingerprint density at radius 3 is 2.62 bits per heavy atom. The van der Waals surface area contributed by atoms with Crippen LogP contribution in [-0.2, 0) is 6.54 Å². The molecule has 2 aliphatic rings. The molecule has 2 aromatic heterocycles. The molecule has 0 bridgehead atoms. The highest BCUT2D eigenvalue weighted by Crippen LogP contribution is 2.32. The number of aromatic nitrogens is 3. The lowest BCUT2D eigenvalue weighted by atomic mass is 9.89. The Hall–Kier alpha value is -1.72. The van der Waals surface area contributed by atoms with Gasteiger partial charge in [-0.05, 0) is 56.8 Å². The van der Waals surface area contributed by atoms with Gasteiger partial charge in [-0.15, -0.1) is 0 Å². The van der Waals surface area contributed by atoms with E-state index in [0.29, 0.717) is 12.0 Å². The van der Waals surface area contributed by atoms with E-state index in [0.717, 1.165) is 38.2 Å². The minimum Gasteiger partial charge on any atom is -0.387 e. The summed E-state index contributed by atoms with van der Waals surface area (Å²) < 4.78 is 2.42. The summed E-state index contributed by atoms with van der Waals surface area (Å²) in [6.07, 6.45) is 14.1. The summed E-state index contributed by atoms with van der Waals surface area (Å²) in [4.78, 5) is 11.3. The second-order valence-corrected chi connectivity index (χ2v) is 7.90. The molecule has 0 radical (unpaired) electrons. The first-order valence-corrected chi connectivity index (χ1v) is 10.1. The second-order valence-electron chi connectivity index (χ2n) is 7.90. The van der Waals surface area contributed by atoms with E-state index in [1.807, 2.05) is 30.7 Å². The van der Waals surface area contributed by atoms with Crippen LogP contribution in [0.4, 0.5) is 0 Å². The average molecular weight is 354 g/mol. The lowest BCUT2D eigenvalue weighted by Crippen LogP contribution is -2.36. The molecular weight excluding hydrogens is 324 g/mol. The van der Waals surface area contributed by atoms with Crippen LogP contribution < -0.4 is 0 Å². The molecule has 5 heteroatoms. The highest BCUT2D eigenvalue weighted by molar-refractivity contribution is 5.08. The third-order valence-corrected chi connectivity index (χ3v) is 6.17. The predicted molar refractivity (Wildman–Crippen MR) is 102 cm³/mol. The molecule has 2 fully saturated rings. The van der Waals surface area contributed by atoms with E-state index in [9.17, 15) is 5.11 Å². The van der Waals surface area contributed by atoms with Crippen molar-refractivity contribution >= 4 is 0 Å². The van der Waals surface area contributed by atoms with E-state index in [4.69, 9.17) is 0 Å². The molecule has 5 nitrogen and oxygen atoms in total. The number of aliphatic hydroxyl groups excluding tert-OH is 1. The van der Waals surface area contributed by atoms with Crippen molar-refractivity contribution in [3.63, 3.8) is 0 Å². The van der Waals surface area contributed by atoms with Gasteiger partial charge in [-0.1, -0.05) is 25.3 Å². The van der Waals surface area contributed by atoms with Crippen molar-refractivity contribution in [3.05, 3.63) is 48.3 Å². The van der Waals surface area contributed by atoms with Crippen molar-refractivity contribution in [1.29, 1.82) is 0 Å². The molecule has 26 heavy (non-hydrogen) atoms. The molecule has 1 saturated carbocycles. The van der Waals surface area contributed by atoms with E-state index >= 15 is 0 Å². The van der Waals surface area contributed by atoms with E-state index in [2.05, 4.69) is 19.4 Å². The van der Waals surface area contributed by atoms with Crippen LogP contribution in [0.25, 0.3) is 0 Å². The highest BCUT2D eigenvalue weighted by Gasteiger charge is 2.27. The standard InChI is InChI=1S/C21H30N4O/c26-21(20-8-4-5-11-23-20)17-9-12-24(13-10-17)15-19-14-22-16-25(19)18-6-2-1-3-7-18/h4-5,8,11,14,16-18,21,26H,1-3,6-7,9-10,12-13,15H2/t21-/m1/s1. The van der Waals surface area contributed by atoms with Crippen molar-refractivity contribution < 1.29 is 5.11 Å². The molecule has 1 aliphatic heterocycles. The summed E-state index contributed by atoms with van der Waals surface area (Å²) >= 11 is 0. The number of likely N-dealkylation sites (tertiary alicyclic amines) is 1. The maximum absolute atomic E-state index is 10.6. The van der Waals surface area contributed by atoms with Gasteiger partial charge in [0.15, 0.2) is 0 Å². The zero-order valence-corrected chi connectivity index (χ0v) is 15.5. The first kappa shape index (κ1) is 17.7. The quantitative estimate of drug-likeness (QED) is 0.889. The smallest absolute Gasteiger partial charge is 0.0988 e. The Balaban J connectivity index is 1.32. The summed E-state index contributed by atoms with van der Waals surface area (Å²) in [5, 5.41) is 10.6. The summed E-state index contributed by atoms with van der Waals surface area (Å²) in [5.41, 5.74) is 2.15. The van der Waals surface area contributed by atoms with Crippen molar-refractivity contribution in [2.75, 3.05) is 13.1 Å². The van der Waals surface area contributed by atoms with Crippen LogP contribution in [0.2, 0.25) is 0 Å². The number of imidazole rings is 1. The summed E-state index contributed by atoms with van der Waals surface area (Å²) in [6.45, 7) is 3.04. The average Bonchev–Trinajstić information content (AvgIpc) is 3.17. The van der Waals surface area contributed by atoms with Crippen molar-refractivity contribution in [1.82, 2.24) is 19.4 Å². The molecule has 1 saturated heterocycles. The fourth-order valence-electron chi connectivity index (χ4n) is 4.59. The van der Waals surface area contributed by atoms with Crippen LogP contribution >= 0.6 is 0 Å². The molecule has 0 unspecified atom stereocenters.